The van der Waals surface area contributed by atoms with Gasteiger partial charge in [-0.3, -0.25) is 19.4 Å². The van der Waals surface area contributed by atoms with Gasteiger partial charge in [0.15, 0.2) is 0 Å². The first-order valence-corrected chi connectivity index (χ1v) is 9.89. The molecule has 29 heavy (non-hydrogen) atoms. The molecule has 0 N–H and O–H groups in total. The van der Waals surface area contributed by atoms with Gasteiger partial charge in [-0.25, -0.2) is 0 Å². The Morgan fingerprint density at radius 1 is 0.828 bits per heavy atom. The number of methoxy groups -OCH3 is 1. The van der Waals surface area contributed by atoms with Crippen LogP contribution in [0.5, 0.6) is 5.75 Å². The number of para-hydroxylation sites is 2. The summed E-state index contributed by atoms with van der Waals surface area (Å²) >= 11 is 0. The predicted octanol–water partition coefficient (Wildman–Crippen LogP) is 2.67. The minimum atomic E-state index is -0.208. The molecule has 0 radical (unpaired) electrons. The first-order valence-electron chi connectivity index (χ1n) is 9.89. The van der Waals surface area contributed by atoms with Gasteiger partial charge in [0.1, 0.15) is 5.75 Å². The Labute approximate surface area is 171 Å². The van der Waals surface area contributed by atoms with E-state index in [0.717, 1.165) is 44.2 Å². The second-order valence-electron chi connectivity index (χ2n) is 7.20. The summed E-state index contributed by atoms with van der Waals surface area (Å²) in [6.07, 6.45) is 3.95. The molecular formula is C23H25N3O3. The van der Waals surface area contributed by atoms with Crippen molar-refractivity contribution in [3.8, 4) is 5.75 Å². The first kappa shape index (κ1) is 19.2. The highest BCUT2D eigenvalue weighted by Crippen LogP contribution is 2.28. The molecule has 6 heteroatoms. The number of ether oxygens (including phenoxy) is 1. The molecule has 2 heterocycles. The molecule has 0 aromatic heterocycles. The van der Waals surface area contributed by atoms with Gasteiger partial charge in [-0.15, -0.1) is 0 Å². The molecular weight excluding hydrogens is 366 g/mol. The zero-order chi connectivity index (χ0) is 20.2. The minimum Gasteiger partial charge on any atom is -0.495 e. The summed E-state index contributed by atoms with van der Waals surface area (Å²) < 4.78 is 5.47. The molecule has 0 unspecified atom stereocenters. The van der Waals surface area contributed by atoms with Crippen LogP contribution in [-0.2, 0) is 0 Å². The normalized spacial score (nSPS) is 17.3. The lowest BCUT2D eigenvalue weighted by Gasteiger charge is -2.36. The van der Waals surface area contributed by atoms with Crippen LogP contribution in [0, 0.1) is 0 Å². The Morgan fingerprint density at radius 3 is 2.07 bits per heavy atom. The minimum absolute atomic E-state index is 0.208. The van der Waals surface area contributed by atoms with E-state index < -0.39 is 0 Å². The van der Waals surface area contributed by atoms with Crippen LogP contribution in [0.1, 0.15) is 20.7 Å². The third kappa shape index (κ3) is 3.89. The molecule has 2 amide bonds. The number of amides is 2. The Hall–Kier alpha value is -3.12. The third-order valence-electron chi connectivity index (χ3n) is 5.49. The van der Waals surface area contributed by atoms with Crippen molar-refractivity contribution in [1.29, 1.82) is 0 Å². The van der Waals surface area contributed by atoms with E-state index in [1.54, 1.807) is 31.4 Å². The van der Waals surface area contributed by atoms with E-state index in [2.05, 4.69) is 15.9 Å². The molecule has 0 aliphatic carbocycles. The van der Waals surface area contributed by atoms with Crippen molar-refractivity contribution in [1.82, 2.24) is 9.80 Å². The molecule has 2 aromatic rings. The molecule has 1 fully saturated rings. The van der Waals surface area contributed by atoms with Gasteiger partial charge in [-0.1, -0.05) is 36.4 Å². The molecule has 4 rings (SSSR count). The number of imide groups is 1. The van der Waals surface area contributed by atoms with Gasteiger partial charge < -0.3 is 9.64 Å². The maximum Gasteiger partial charge on any atom is 0.261 e. The van der Waals surface area contributed by atoms with E-state index in [-0.39, 0.29) is 11.8 Å². The fraction of sp³-hybridized carbons (Fsp3) is 0.304. The zero-order valence-electron chi connectivity index (χ0n) is 16.6. The molecule has 0 spiro atoms. The summed E-state index contributed by atoms with van der Waals surface area (Å²) in [5.41, 5.74) is 2.13. The number of anilines is 1. The topological polar surface area (TPSA) is 53.1 Å². The Morgan fingerprint density at radius 2 is 1.41 bits per heavy atom. The van der Waals surface area contributed by atoms with Crippen molar-refractivity contribution in [3.63, 3.8) is 0 Å². The number of piperazine rings is 1. The van der Waals surface area contributed by atoms with Gasteiger partial charge in [-0.05, 0) is 24.3 Å². The number of carbonyl (C=O) groups is 2. The van der Waals surface area contributed by atoms with Crippen LogP contribution in [-0.4, -0.2) is 68.0 Å². The van der Waals surface area contributed by atoms with Crippen molar-refractivity contribution >= 4 is 17.5 Å². The van der Waals surface area contributed by atoms with Crippen LogP contribution in [0.25, 0.3) is 0 Å². The number of benzene rings is 2. The van der Waals surface area contributed by atoms with E-state index in [1.807, 2.05) is 30.4 Å². The van der Waals surface area contributed by atoms with E-state index >= 15 is 0 Å². The number of fused-ring (bicyclic) bond motifs is 1. The number of rotatable bonds is 6. The number of hydrogen-bond acceptors (Lipinski definition) is 5. The van der Waals surface area contributed by atoms with Gasteiger partial charge in [0.2, 0.25) is 0 Å². The average Bonchev–Trinajstić information content (AvgIpc) is 3.02. The lowest BCUT2D eigenvalue weighted by molar-refractivity contribution is 0.0672. The summed E-state index contributed by atoms with van der Waals surface area (Å²) in [7, 11) is 1.70. The van der Waals surface area contributed by atoms with Crippen molar-refractivity contribution in [2.45, 2.75) is 0 Å². The Kier molecular flexibility index (Phi) is 5.62. The standard InChI is InChI=1S/C23H25N3O3/c1-29-21-11-5-4-10-20(21)25-16-14-24(15-17-25)12-6-7-13-26-22(27)18-8-2-3-9-19(18)23(26)28/h2-11H,12-17H2,1H3/b7-6-. The quantitative estimate of drug-likeness (QED) is 0.560. The van der Waals surface area contributed by atoms with Crippen LogP contribution in [0.15, 0.2) is 60.7 Å². The zero-order valence-corrected chi connectivity index (χ0v) is 16.6. The summed E-state index contributed by atoms with van der Waals surface area (Å²) in [6.45, 7) is 4.90. The summed E-state index contributed by atoms with van der Waals surface area (Å²) in [4.78, 5) is 30.8. The fourth-order valence-corrected chi connectivity index (χ4v) is 3.87. The number of nitrogens with zero attached hydrogens (tertiary/aromatic N) is 3. The lowest BCUT2D eigenvalue weighted by Crippen LogP contribution is -2.46. The lowest BCUT2D eigenvalue weighted by atomic mass is 10.1. The van der Waals surface area contributed by atoms with Crippen molar-refractivity contribution in [2.24, 2.45) is 0 Å². The molecule has 2 aliphatic heterocycles. The van der Waals surface area contributed by atoms with Crippen molar-refractivity contribution in [2.75, 3.05) is 51.3 Å². The highest BCUT2D eigenvalue weighted by molar-refractivity contribution is 6.21. The number of carbonyl (C=O) groups excluding carboxylic acids is 2. The van der Waals surface area contributed by atoms with Crippen LogP contribution in [0.3, 0.4) is 0 Å². The average molecular weight is 391 g/mol. The van der Waals surface area contributed by atoms with E-state index in [0.29, 0.717) is 17.7 Å². The summed E-state index contributed by atoms with van der Waals surface area (Å²) in [5.74, 6) is 0.489. The van der Waals surface area contributed by atoms with Crippen molar-refractivity contribution < 1.29 is 14.3 Å². The van der Waals surface area contributed by atoms with E-state index in [4.69, 9.17) is 4.74 Å². The largest absolute Gasteiger partial charge is 0.495 e. The molecule has 6 nitrogen and oxygen atoms in total. The van der Waals surface area contributed by atoms with Crippen LogP contribution >= 0.6 is 0 Å². The Balaban J connectivity index is 1.27. The molecule has 2 aliphatic rings. The maximum atomic E-state index is 12.4. The Bertz CT molecular complexity index is 897. The molecule has 2 aromatic carbocycles. The van der Waals surface area contributed by atoms with Gasteiger partial charge in [0.05, 0.1) is 23.9 Å². The maximum absolute atomic E-state index is 12.4. The first-order chi connectivity index (χ1) is 14.2. The molecule has 1 saturated heterocycles. The number of hydrogen-bond donors (Lipinski definition) is 0. The van der Waals surface area contributed by atoms with Crippen LogP contribution in [0.2, 0.25) is 0 Å². The third-order valence-corrected chi connectivity index (χ3v) is 5.49. The second kappa shape index (κ2) is 8.49. The van der Waals surface area contributed by atoms with E-state index in [1.165, 1.54) is 4.90 Å². The SMILES string of the molecule is COc1ccccc1N1CCN(C/C=C\CN2C(=O)c3ccccc3C2=O)CC1. The van der Waals surface area contributed by atoms with Crippen molar-refractivity contribution in [3.05, 3.63) is 71.8 Å². The van der Waals surface area contributed by atoms with Gasteiger partial charge >= 0.3 is 0 Å². The smallest absolute Gasteiger partial charge is 0.261 e. The molecule has 0 atom stereocenters. The van der Waals surface area contributed by atoms with Gasteiger partial charge in [0.25, 0.3) is 11.8 Å². The van der Waals surface area contributed by atoms with Gasteiger partial charge in [0, 0.05) is 39.3 Å². The monoisotopic (exact) mass is 391 g/mol. The predicted molar refractivity (Wildman–Crippen MR) is 113 cm³/mol. The van der Waals surface area contributed by atoms with Crippen LogP contribution in [0.4, 0.5) is 5.69 Å². The van der Waals surface area contributed by atoms with E-state index in [9.17, 15) is 9.59 Å². The van der Waals surface area contributed by atoms with Gasteiger partial charge in [-0.2, -0.15) is 0 Å². The summed E-state index contributed by atoms with van der Waals surface area (Å²) in [6, 6.07) is 15.1. The highest BCUT2D eigenvalue weighted by atomic mass is 16.5. The molecule has 0 saturated carbocycles. The fourth-order valence-electron chi connectivity index (χ4n) is 3.87. The molecule has 0 bridgehead atoms. The van der Waals surface area contributed by atoms with Crippen LogP contribution < -0.4 is 9.64 Å². The molecule has 150 valence electrons. The highest BCUT2D eigenvalue weighted by Gasteiger charge is 2.34. The summed E-state index contributed by atoms with van der Waals surface area (Å²) in [5, 5.41) is 0. The second-order valence-corrected chi connectivity index (χ2v) is 7.20.